The molecule has 0 bridgehead atoms. The first-order valence-corrected chi connectivity index (χ1v) is 7.95. The second kappa shape index (κ2) is 15.7. The summed E-state index contributed by atoms with van der Waals surface area (Å²) < 4.78 is 0. The highest BCUT2D eigenvalue weighted by atomic mass is 16.4. The lowest BCUT2D eigenvalue weighted by atomic mass is 10.1. The Labute approximate surface area is 124 Å². The number of aliphatic carboxylic acids is 1. The van der Waals surface area contributed by atoms with Gasteiger partial charge in [0.15, 0.2) is 0 Å². The van der Waals surface area contributed by atoms with Crippen LogP contribution < -0.4 is 0 Å². The molecule has 0 aliphatic heterocycles. The summed E-state index contributed by atoms with van der Waals surface area (Å²) in [5, 5.41) is 8.50. The largest absolute Gasteiger partial charge is 0.481 e. The van der Waals surface area contributed by atoms with E-state index >= 15 is 0 Å². The molecular formula is C18H30O2. The zero-order chi connectivity index (χ0) is 14.9. The van der Waals surface area contributed by atoms with Crippen molar-refractivity contribution in [1.29, 1.82) is 0 Å². The second-order valence-corrected chi connectivity index (χ2v) is 5.01. The number of unbranched alkanes of at least 4 members (excludes halogenated alkanes) is 6. The first-order valence-electron chi connectivity index (χ1n) is 7.95. The Kier molecular flexibility index (Phi) is 14.7. The molecule has 0 aromatic carbocycles. The highest BCUT2D eigenvalue weighted by Crippen LogP contribution is 2.08. The fraction of sp³-hybridized carbons (Fsp3) is 0.611. The van der Waals surface area contributed by atoms with Gasteiger partial charge in [-0.3, -0.25) is 4.79 Å². The maximum Gasteiger partial charge on any atom is 0.303 e. The van der Waals surface area contributed by atoms with Crippen molar-refractivity contribution >= 4 is 5.97 Å². The molecule has 0 unspecified atom stereocenters. The van der Waals surface area contributed by atoms with Gasteiger partial charge in [0.1, 0.15) is 0 Å². The molecule has 0 spiro atoms. The monoisotopic (exact) mass is 278 g/mol. The van der Waals surface area contributed by atoms with Gasteiger partial charge in [0, 0.05) is 6.42 Å². The van der Waals surface area contributed by atoms with E-state index in [9.17, 15) is 4.79 Å². The lowest BCUT2D eigenvalue weighted by Gasteiger charge is -1.98. The van der Waals surface area contributed by atoms with Crippen LogP contribution in [-0.2, 0) is 4.79 Å². The molecular weight excluding hydrogens is 248 g/mol. The number of rotatable bonds is 13. The average Bonchev–Trinajstić information content (AvgIpc) is 2.43. The zero-order valence-corrected chi connectivity index (χ0v) is 12.9. The standard InChI is InChI=1S/C18H30O2/c1-2-3-4-5-6-7-8-9-10-11-12-13-14-15-16-17-18(19)20/h3-6,9-10H,2,7-8,11-17H2,1H3,(H,19,20)/b4-3?,6-5+,10-9?. The molecule has 0 amide bonds. The van der Waals surface area contributed by atoms with E-state index in [1.807, 2.05) is 0 Å². The summed E-state index contributed by atoms with van der Waals surface area (Å²) in [6.07, 6.45) is 23.4. The van der Waals surface area contributed by atoms with Crippen LogP contribution in [0.5, 0.6) is 0 Å². The summed E-state index contributed by atoms with van der Waals surface area (Å²) >= 11 is 0. The fourth-order valence-electron chi connectivity index (χ4n) is 1.89. The zero-order valence-electron chi connectivity index (χ0n) is 12.9. The van der Waals surface area contributed by atoms with E-state index in [-0.39, 0.29) is 0 Å². The highest BCUT2D eigenvalue weighted by molar-refractivity contribution is 5.66. The van der Waals surface area contributed by atoms with E-state index in [1.165, 1.54) is 12.8 Å². The fourth-order valence-corrected chi connectivity index (χ4v) is 1.89. The maximum absolute atomic E-state index is 10.3. The van der Waals surface area contributed by atoms with Gasteiger partial charge in [0.25, 0.3) is 0 Å². The number of carboxylic acids is 1. The molecule has 0 aromatic rings. The van der Waals surface area contributed by atoms with Crippen molar-refractivity contribution in [1.82, 2.24) is 0 Å². The molecule has 0 aliphatic rings. The minimum Gasteiger partial charge on any atom is -0.481 e. The third-order valence-corrected chi connectivity index (χ3v) is 3.05. The molecule has 0 saturated heterocycles. The summed E-state index contributed by atoms with van der Waals surface area (Å²) in [5.41, 5.74) is 0. The number of allylic oxidation sites excluding steroid dienone is 6. The second-order valence-electron chi connectivity index (χ2n) is 5.01. The molecule has 1 N–H and O–H groups in total. The van der Waals surface area contributed by atoms with Crippen LogP contribution in [0.2, 0.25) is 0 Å². The smallest absolute Gasteiger partial charge is 0.303 e. The van der Waals surface area contributed by atoms with Gasteiger partial charge in [-0.2, -0.15) is 0 Å². The number of hydrogen-bond donors (Lipinski definition) is 1. The molecule has 0 fully saturated rings. The Morgan fingerprint density at radius 3 is 2.15 bits per heavy atom. The Hall–Kier alpha value is -1.31. The SMILES string of the molecule is CCC=C/C=C/CCC=CCCCCCCCC(=O)O. The first kappa shape index (κ1) is 18.7. The van der Waals surface area contributed by atoms with Crippen LogP contribution in [0.4, 0.5) is 0 Å². The van der Waals surface area contributed by atoms with Gasteiger partial charge in [-0.1, -0.05) is 62.6 Å². The molecule has 0 radical (unpaired) electrons. The van der Waals surface area contributed by atoms with E-state index < -0.39 is 5.97 Å². The predicted octanol–water partition coefficient (Wildman–Crippen LogP) is 5.66. The molecule has 0 aliphatic carbocycles. The van der Waals surface area contributed by atoms with Crippen molar-refractivity contribution in [3.8, 4) is 0 Å². The van der Waals surface area contributed by atoms with Gasteiger partial charge in [0.05, 0.1) is 0 Å². The van der Waals surface area contributed by atoms with Crippen molar-refractivity contribution in [3.63, 3.8) is 0 Å². The van der Waals surface area contributed by atoms with Gasteiger partial charge in [-0.15, -0.1) is 0 Å². The Bertz CT molecular complexity index is 301. The van der Waals surface area contributed by atoms with Crippen LogP contribution >= 0.6 is 0 Å². The Morgan fingerprint density at radius 2 is 1.40 bits per heavy atom. The van der Waals surface area contributed by atoms with Crippen LogP contribution in [0.1, 0.15) is 71.1 Å². The normalized spacial score (nSPS) is 12.1. The maximum atomic E-state index is 10.3. The van der Waals surface area contributed by atoms with Crippen LogP contribution in [0.15, 0.2) is 36.5 Å². The number of carbonyl (C=O) groups is 1. The van der Waals surface area contributed by atoms with Crippen LogP contribution in [-0.4, -0.2) is 11.1 Å². The molecule has 0 heterocycles. The predicted molar refractivity (Wildman–Crippen MR) is 86.9 cm³/mol. The van der Waals surface area contributed by atoms with Crippen molar-refractivity contribution < 1.29 is 9.90 Å². The van der Waals surface area contributed by atoms with E-state index in [0.717, 1.165) is 44.9 Å². The molecule has 2 nitrogen and oxygen atoms in total. The summed E-state index contributed by atoms with van der Waals surface area (Å²) in [5.74, 6) is -0.674. The summed E-state index contributed by atoms with van der Waals surface area (Å²) in [4.78, 5) is 10.3. The van der Waals surface area contributed by atoms with Crippen molar-refractivity contribution in [3.05, 3.63) is 36.5 Å². The lowest BCUT2D eigenvalue weighted by Crippen LogP contribution is -1.93. The molecule has 0 rings (SSSR count). The van der Waals surface area contributed by atoms with Crippen LogP contribution in [0.25, 0.3) is 0 Å². The summed E-state index contributed by atoms with van der Waals surface area (Å²) in [7, 11) is 0. The van der Waals surface area contributed by atoms with Gasteiger partial charge in [-0.05, 0) is 38.5 Å². The Morgan fingerprint density at radius 1 is 0.800 bits per heavy atom. The van der Waals surface area contributed by atoms with Crippen molar-refractivity contribution in [2.75, 3.05) is 0 Å². The minimum absolute atomic E-state index is 0.320. The topological polar surface area (TPSA) is 37.3 Å². The number of hydrogen-bond acceptors (Lipinski definition) is 1. The molecule has 0 saturated carbocycles. The average molecular weight is 278 g/mol. The quantitative estimate of drug-likeness (QED) is 0.268. The first-order chi connectivity index (χ1) is 9.77. The van der Waals surface area contributed by atoms with Crippen molar-refractivity contribution in [2.45, 2.75) is 71.1 Å². The summed E-state index contributed by atoms with van der Waals surface area (Å²) in [6, 6.07) is 0. The third kappa shape index (κ3) is 16.7. The number of carboxylic acid groups (broad SMARTS) is 1. The van der Waals surface area contributed by atoms with Crippen molar-refractivity contribution in [2.24, 2.45) is 0 Å². The molecule has 0 atom stereocenters. The van der Waals surface area contributed by atoms with Gasteiger partial charge < -0.3 is 5.11 Å². The van der Waals surface area contributed by atoms with Gasteiger partial charge in [0.2, 0.25) is 0 Å². The van der Waals surface area contributed by atoms with Gasteiger partial charge in [-0.25, -0.2) is 0 Å². The van der Waals surface area contributed by atoms with Crippen LogP contribution in [0.3, 0.4) is 0 Å². The lowest BCUT2D eigenvalue weighted by molar-refractivity contribution is -0.137. The van der Waals surface area contributed by atoms with E-state index in [0.29, 0.717) is 6.42 Å². The molecule has 2 heteroatoms. The molecule has 114 valence electrons. The van der Waals surface area contributed by atoms with Gasteiger partial charge >= 0.3 is 5.97 Å². The van der Waals surface area contributed by atoms with E-state index in [2.05, 4.69) is 43.4 Å². The third-order valence-electron chi connectivity index (χ3n) is 3.05. The molecule has 0 aromatic heterocycles. The highest BCUT2D eigenvalue weighted by Gasteiger charge is 1.95. The summed E-state index contributed by atoms with van der Waals surface area (Å²) in [6.45, 7) is 2.14. The Balaban J connectivity index is 3.22. The van der Waals surface area contributed by atoms with E-state index in [1.54, 1.807) is 0 Å². The van der Waals surface area contributed by atoms with E-state index in [4.69, 9.17) is 5.11 Å². The minimum atomic E-state index is -0.674. The van der Waals surface area contributed by atoms with Crippen LogP contribution in [0, 0.1) is 0 Å². The molecule has 20 heavy (non-hydrogen) atoms.